The number of methoxy groups -OCH3 is 1. The Bertz CT molecular complexity index is 443. The van der Waals surface area contributed by atoms with Crippen LogP contribution in [-0.4, -0.2) is 12.1 Å². The summed E-state index contributed by atoms with van der Waals surface area (Å²) >= 11 is 0. The zero-order valence-corrected chi connectivity index (χ0v) is 9.01. The molecule has 0 fully saturated rings. The molecule has 0 amide bonds. The van der Waals surface area contributed by atoms with Crippen molar-refractivity contribution in [3.05, 3.63) is 54.4 Å². The van der Waals surface area contributed by atoms with Gasteiger partial charge < -0.3 is 9.47 Å². The molecule has 1 aromatic carbocycles. The fraction of sp³-hybridized carbons (Fsp3) is 0.154. The van der Waals surface area contributed by atoms with Crippen LogP contribution in [0.5, 0.6) is 11.5 Å². The second-order valence-electron chi connectivity index (χ2n) is 3.20. The molecule has 2 aromatic rings. The number of ether oxygens (including phenoxy) is 2. The lowest BCUT2D eigenvalue weighted by Gasteiger charge is -2.06. The zero-order chi connectivity index (χ0) is 11.2. The van der Waals surface area contributed by atoms with E-state index in [4.69, 9.17) is 9.47 Å². The van der Waals surface area contributed by atoms with Crippen molar-refractivity contribution in [2.24, 2.45) is 0 Å². The molecular weight excluding hydrogens is 202 g/mol. The molecule has 1 radical (unpaired) electrons. The molecule has 1 aromatic heterocycles. The molecule has 3 nitrogen and oxygen atoms in total. The highest BCUT2D eigenvalue weighted by Gasteiger charge is 1.98. The predicted molar refractivity (Wildman–Crippen MR) is 60.4 cm³/mol. The highest BCUT2D eigenvalue weighted by Crippen LogP contribution is 2.18. The van der Waals surface area contributed by atoms with Crippen LogP contribution in [0.3, 0.4) is 0 Å². The molecule has 0 spiro atoms. The molecule has 0 N–H and O–H groups in total. The van der Waals surface area contributed by atoms with E-state index >= 15 is 0 Å². The molecule has 2 rings (SSSR count). The van der Waals surface area contributed by atoms with Gasteiger partial charge in [0.1, 0.15) is 18.1 Å². The molecule has 0 aliphatic carbocycles. The molecule has 0 unspecified atom stereocenters. The number of benzene rings is 1. The lowest BCUT2D eigenvalue weighted by atomic mass is 10.3. The highest BCUT2D eigenvalue weighted by molar-refractivity contribution is 5.31. The number of nitrogens with zero attached hydrogens (tertiary/aromatic N) is 1. The Morgan fingerprint density at radius 3 is 3.00 bits per heavy atom. The molecule has 0 bridgehead atoms. The molecule has 0 saturated carbocycles. The molecular formula is C13H12NO2. The fourth-order valence-electron chi connectivity index (χ4n) is 1.27. The van der Waals surface area contributed by atoms with Gasteiger partial charge in [-0.3, -0.25) is 4.98 Å². The van der Waals surface area contributed by atoms with Gasteiger partial charge in [-0.25, -0.2) is 0 Å². The topological polar surface area (TPSA) is 31.4 Å². The van der Waals surface area contributed by atoms with Crippen LogP contribution in [0.2, 0.25) is 0 Å². The van der Waals surface area contributed by atoms with Gasteiger partial charge in [0, 0.05) is 18.3 Å². The van der Waals surface area contributed by atoms with Gasteiger partial charge in [-0.05, 0) is 24.3 Å². The molecule has 0 saturated heterocycles. The summed E-state index contributed by atoms with van der Waals surface area (Å²) in [6, 6.07) is 14.1. The van der Waals surface area contributed by atoms with Crippen molar-refractivity contribution in [1.29, 1.82) is 0 Å². The van der Waals surface area contributed by atoms with Gasteiger partial charge in [0.2, 0.25) is 0 Å². The average Bonchev–Trinajstić information content (AvgIpc) is 2.38. The maximum Gasteiger partial charge on any atom is 0.130 e. The largest absolute Gasteiger partial charge is 0.496 e. The van der Waals surface area contributed by atoms with Gasteiger partial charge in [0.15, 0.2) is 0 Å². The van der Waals surface area contributed by atoms with E-state index < -0.39 is 0 Å². The number of hydrogen-bond donors (Lipinski definition) is 0. The number of rotatable bonds is 4. The summed E-state index contributed by atoms with van der Waals surface area (Å²) in [4.78, 5) is 4.17. The Morgan fingerprint density at radius 2 is 2.25 bits per heavy atom. The van der Waals surface area contributed by atoms with E-state index in [1.807, 2.05) is 24.3 Å². The Morgan fingerprint density at radius 1 is 1.31 bits per heavy atom. The minimum absolute atomic E-state index is 0.452. The summed E-state index contributed by atoms with van der Waals surface area (Å²) in [6.45, 7) is 0.452. The predicted octanol–water partition coefficient (Wildman–Crippen LogP) is 2.47. The number of pyridine rings is 1. The van der Waals surface area contributed by atoms with E-state index in [2.05, 4.69) is 11.1 Å². The first-order chi connectivity index (χ1) is 7.88. The summed E-state index contributed by atoms with van der Waals surface area (Å²) in [5.41, 5.74) is 0.897. The van der Waals surface area contributed by atoms with Crippen molar-refractivity contribution in [1.82, 2.24) is 4.98 Å². The molecule has 0 aliphatic heterocycles. The zero-order valence-electron chi connectivity index (χ0n) is 9.01. The van der Waals surface area contributed by atoms with Gasteiger partial charge >= 0.3 is 0 Å². The van der Waals surface area contributed by atoms with E-state index in [0.29, 0.717) is 12.4 Å². The van der Waals surface area contributed by atoms with Crippen LogP contribution in [0, 0.1) is 6.07 Å². The van der Waals surface area contributed by atoms with Crippen molar-refractivity contribution in [2.75, 3.05) is 7.11 Å². The summed E-state index contributed by atoms with van der Waals surface area (Å²) in [5, 5.41) is 0. The van der Waals surface area contributed by atoms with Crippen LogP contribution in [0.1, 0.15) is 5.69 Å². The quantitative estimate of drug-likeness (QED) is 0.783. The highest BCUT2D eigenvalue weighted by atomic mass is 16.5. The average molecular weight is 214 g/mol. The first kappa shape index (κ1) is 10.5. The maximum absolute atomic E-state index is 5.57. The van der Waals surface area contributed by atoms with Crippen LogP contribution in [-0.2, 0) is 6.61 Å². The van der Waals surface area contributed by atoms with Crippen LogP contribution in [0.25, 0.3) is 0 Å². The summed E-state index contributed by atoms with van der Waals surface area (Å²) in [5.74, 6) is 1.42. The smallest absolute Gasteiger partial charge is 0.130 e. The summed E-state index contributed by atoms with van der Waals surface area (Å²) < 4.78 is 10.6. The second-order valence-corrected chi connectivity index (χ2v) is 3.20. The monoisotopic (exact) mass is 214 g/mol. The first-order valence-corrected chi connectivity index (χ1v) is 4.97. The van der Waals surface area contributed by atoms with E-state index in [9.17, 15) is 0 Å². The summed E-state index contributed by atoms with van der Waals surface area (Å²) in [7, 11) is 1.61. The van der Waals surface area contributed by atoms with Crippen molar-refractivity contribution in [2.45, 2.75) is 6.61 Å². The third-order valence-electron chi connectivity index (χ3n) is 2.08. The first-order valence-electron chi connectivity index (χ1n) is 4.97. The van der Waals surface area contributed by atoms with E-state index in [1.54, 1.807) is 25.4 Å². The minimum atomic E-state index is 0.452. The van der Waals surface area contributed by atoms with Gasteiger partial charge in [0.05, 0.1) is 12.8 Å². The molecule has 3 heteroatoms. The lowest BCUT2D eigenvalue weighted by Crippen LogP contribution is -1.97. The van der Waals surface area contributed by atoms with Crippen LogP contribution < -0.4 is 9.47 Å². The Kier molecular flexibility index (Phi) is 3.38. The van der Waals surface area contributed by atoms with Crippen LogP contribution >= 0.6 is 0 Å². The van der Waals surface area contributed by atoms with E-state index in [0.717, 1.165) is 11.4 Å². The van der Waals surface area contributed by atoms with Crippen molar-refractivity contribution >= 4 is 0 Å². The lowest BCUT2D eigenvalue weighted by molar-refractivity contribution is 0.299. The van der Waals surface area contributed by atoms with Crippen LogP contribution in [0.15, 0.2) is 42.6 Å². The Balaban J connectivity index is 1.99. The minimum Gasteiger partial charge on any atom is -0.496 e. The maximum atomic E-state index is 5.57. The Hall–Kier alpha value is -2.03. The third-order valence-corrected chi connectivity index (χ3v) is 2.08. The number of hydrogen-bond acceptors (Lipinski definition) is 3. The van der Waals surface area contributed by atoms with Gasteiger partial charge in [-0.1, -0.05) is 6.07 Å². The summed E-state index contributed by atoms with van der Waals surface area (Å²) in [6.07, 6.45) is 1.75. The fourth-order valence-corrected chi connectivity index (χ4v) is 1.27. The van der Waals surface area contributed by atoms with E-state index in [-0.39, 0.29) is 0 Å². The van der Waals surface area contributed by atoms with Gasteiger partial charge in [-0.2, -0.15) is 0 Å². The third kappa shape index (κ3) is 2.73. The van der Waals surface area contributed by atoms with Crippen molar-refractivity contribution in [3.63, 3.8) is 0 Å². The van der Waals surface area contributed by atoms with Crippen molar-refractivity contribution in [3.8, 4) is 11.5 Å². The molecule has 16 heavy (non-hydrogen) atoms. The van der Waals surface area contributed by atoms with E-state index in [1.165, 1.54) is 0 Å². The SMILES string of the molecule is COc1[c]ccc(OCc2ccccn2)c1. The standard InChI is InChI=1S/C13H12NO2/c1-15-12-6-4-7-13(9-12)16-10-11-5-2-3-8-14-11/h2-5,7-9H,10H2,1H3. The molecule has 0 atom stereocenters. The van der Waals surface area contributed by atoms with Crippen molar-refractivity contribution < 1.29 is 9.47 Å². The number of aromatic nitrogens is 1. The van der Waals surface area contributed by atoms with Gasteiger partial charge in [0.25, 0.3) is 0 Å². The molecule has 0 aliphatic rings. The van der Waals surface area contributed by atoms with Gasteiger partial charge in [-0.15, -0.1) is 0 Å². The van der Waals surface area contributed by atoms with Crippen LogP contribution in [0.4, 0.5) is 0 Å². The Labute approximate surface area is 94.7 Å². The normalized spacial score (nSPS) is 9.81. The second kappa shape index (κ2) is 5.16. The molecule has 1 heterocycles. The molecule has 81 valence electrons.